The molecule has 0 unspecified atom stereocenters. The molecular formula is C17H12F4N2OS2. The van der Waals surface area contributed by atoms with Gasteiger partial charge in [0.25, 0.3) is 0 Å². The highest BCUT2D eigenvalue weighted by atomic mass is 32.2. The Morgan fingerprint density at radius 2 is 1.85 bits per heavy atom. The Hall–Kier alpha value is -2.13. The minimum Gasteiger partial charge on any atom is -0.486 e. The summed E-state index contributed by atoms with van der Waals surface area (Å²) in [5, 5.41) is 3.11. The number of rotatable bonds is 6. The number of alkyl halides is 3. The van der Waals surface area contributed by atoms with Crippen molar-refractivity contribution in [3.63, 3.8) is 0 Å². The van der Waals surface area contributed by atoms with E-state index in [2.05, 4.69) is 9.97 Å². The molecule has 1 aromatic carbocycles. The van der Waals surface area contributed by atoms with Crippen LogP contribution in [-0.4, -0.2) is 9.97 Å². The van der Waals surface area contributed by atoms with E-state index in [4.69, 9.17) is 4.74 Å². The molecule has 0 bridgehead atoms. The molecular weight excluding hydrogens is 388 g/mol. The first-order valence-electron chi connectivity index (χ1n) is 7.38. The zero-order valence-electron chi connectivity index (χ0n) is 13.2. The molecule has 2 aromatic heterocycles. The standard InChI is InChI=1S/C17H12F4N2OS2/c18-12-2-4-14(5-3-12)24-8-16-23-13(10-26-16)9-25-15-6-1-11(7-22-15)17(19,20)21/h1-7,10H,8-9H2. The molecule has 2 heterocycles. The van der Waals surface area contributed by atoms with Gasteiger partial charge in [0.2, 0.25) is 0 Å². The van der Waals surface area contributed by atoms with Crippen molar-refractivity contribution in [2.24, 2.45) is 0 Å². The first-order chi connectivity index (χ1) is 12.4. The van der Waals surface area contributed by atoms with E-state index in [-0.39, 0.29) is 12.4 Å². The average molecular weight is 400 g/mol. The summed E-state index contributed by atoms with van der Waals surface area (Å²) < 4.78 is 55.9. The van der Waals surface area contributed by atoms with E-state index in [1.807, 2.05) is 5.38 Å². The molecule has 0 radical (unpaired) electrons. The predicted molar refractivity (Wildman–Crippen MR) is 91.6 cm³/mol. The van der Waals surface area contributed by atoms with Gasteiger partial charge in [-0.3, -0.25) is 0 Å². The number of benzene rings is 1. The van der Waals surface area contributed by atoms with E-state index >= 15 is 0 Å². The van der Waals surface area contributed by atoms with Crippen LogP contribution in [0.3, 0.4) is 0 Å². The molecule has 3 aromatic rings. The van der Waals surface area contributed by atoms with Gasteiger partial charge in [0.05, 0.1) is 16.3 Å². The van der Waals surface area contributed by atoms with Gasteiger partial charge in [-0.25, -0.2) is 14.4 Å². The van der Waals surface area contributed by atoms with Crippen LogP contribution in [0.25, 0.3) is 0 Å². The lowest BCUT2D eigenvalue weighted by Gasteiger charge is -2.06. The second kappa shape index (κ2) is 8.05. The smallest absolute Gasteiger partial charge is 0.417 e. The molecule has 0 amide bonds. The third kappa shape index (κ3) is 5.18. The molecule has 0 fully saturated rings. The maximum Gasteiger partial charge on any atom is 0.417 e. The van der Waals surface area contributed by atoms with Gasteiger partial charge < -0.3 is 4.74 Å². The van der Waals surface area contributed by atoms with E-state index in [0.29, 0.717) is 16.5 Å². The average Bonchev–Trinajstić information content (AvgIpc) is 3.07. The van der Waals surface area contributed by atoms with E-state index in [1.54, 1.807) is 0 Å². The number of hydrogen-bond donors (Lipinski definition) is 0. The largest absolute Gasteiger partial charge is 0.486 e. The van der Waals surface area contributed by atoms with Crippen molar-refractivity contribution in [3.8, 4) is 5.75 Å². The monoisotopic (exact) mass is 400 g/mol. The lowest BCUT2D eigenvalue weighted by molar-refractivity contribution is -0.137. The van der Waals surface area contributed by atoms with Crippen LogP contribution in [0.1, 0.15) is 16.3 Å². The van der Waals surface area contributed by atoms with Crippen molar-refractivity contribution in [2.75, 3.05) is 0 Å². The quantitative estimate of drug-likeness (QED) is 0.400. The van der Waals surface area contributed by atoms with Gasteiger partial charge in [0.15, 0.2) is 0 Å². The Morgan fingerprint density at radius 1 is 1.08 bits per heavy atom. The topological polar surface area (TPSA) is 35.0 Å². The second-order valence-electron chi connectivity index (χ2n) is 5.15. The van der Waals surface area contributed by atoms with Crippen LogP contribution >= 0.6 is 23.1 Å². The third-order valence-corrected chi connectivity index (χ3v) is 5.06. The summed E-state index contributed by atoms with van der Waals surface area (Å²) in [5.74, 6) is 0.708. The van der Waals surface area contributed by atoms with E-state index in [9.17, 15) is 17.6 Å². The SMILES string of the molecule is Fc1ccc(OCc2nc(CSc3ccc(C(F)(F)F)cn3)cs2)cc1. The third-order valence-electron chi connectivity index (χ3n) is 3.21. The number of halogens is 4. The summed E-state index contributed by atoms with van der Waals surface area (Å²) >= 11 is 2.73. The van der Waals surface area contributed by atoms with Crippen LogP contribution in [0.15, 0.2) is 53.0 Å². The second-order valence-corrected chi connectivity index (χ2v) is 7.09. The maximum absolute atomic E-state index is 12.8. The van der Waals surface area contributed by atoms with Crippen molar-refractivity contribution >= 4 is 23.1 Å². The van der Waals surface area contributed by atoms with Crippen molar-refractivity contribution in [1.82, 2.24) is 9.97 Å². The first-order valence-corrected chi connectivity index (χ1v) is 9.24. The Labute approximate surface area is 155 Å². The zero-order valence-corrected chi connectivity index (χ0v) is 14.8. The first kappa shape index (κ1) is 18.7. The van der Waals surface area contributed by atoms with E-state index in [0.717, 1.165) is 23.0 Å². The summed E-state index contributed by atoms with van der Waals surface area (Å²) in [7, 11) is 0. The number of aromatic nitrogens is 2. The molecule has 0 atom stereocenters. The molecule has 0 aliphatic heterocycles. The van der Waals surface area contributed by atoms with Gasteiger partial charge >= 0.3 is 6.18 Å². The highest BCUT2D eigenvalue weighted by molar-refractivity contribution is 7.98. The van der Waals surface area contributed by atoms with Crippen LogP contribution in [0, 0.1) is 5.82 Å². The van der Waals surface area contributed by atoms with Gasteiger partial charge in [0, 0.05) is 17.3 Å². The molecule has 0 aliphatic carbocycles. The Kier molecular flexibility index (Phi) is 5.77. The molecule has 9 heteroatoms. The minimum atomic E-state index is -4.38. The van der Waals surface area contributed by atoms with Crippen molar-refractivity contribution < 1.29 is 22.3 Å². The Balaban J connectivity index is 1.51. The number of hydrogen-bond acceptors (Lipinski definition) is 5. The lowest BCUT2D eigenvalue weighted by atomic mass is 10.3. The molecule has 0 N–H and O–H groups in total. The van der Waals surface area contributed by atoms with Crippen molar-refractivity contribution in [1.29, 1.82) is 0 Å². The number of pyridine rings is 1. The van der Waals surface area contributed by atoms with Crippen LogP contribution in [0.4, 0.5) is 17.6 Å². The van der Waals surface area contributed by atoms with Gasteiger partial charge in [-0.05, 0) is 36.4 Å². The molecule has 0 aliphatic rings. The Morgan fingerprint density at radius 3 is 2.50 bits per heavy atom. The fourth-order valence-corrected chi connectivity index (χ4v) is 3.48. The molecule has 0 saturated heterocycles. The number of thiazole rings is 1. The highest BCUT2D eigenvalue weighted by Crippen LogP contribution is 2.30. The van der Waals surface area contributed by atoms with E-state index in [1.165, 1.54) is 53.4 Å². The van der Waals surface area contributed by atoms with Crippen LogP contribution < -0.4 is 4.74 Å². The van der Waals surface area contributed by atoms with E-state index < -0.39 is 11.7 Å². The summed E-state index contributed by atoms with van der Waals surface area (Å²) in [6, 6.07) is 8.06. The molecule has 3 nitrogen and oxygen atoms in total. The van der Waals surface area contributed by atoms with Gasteiger partial charge in [-0.2, -0.15) is 13.2 Å². The predicted octanol–water partition coefficient (Wildman–Crippen LogP) is 5.57. The maximum atomic E-state index is 12.8. The lowest BCUT2D eigenvalue weighted by Crippen LogP contribution is -2.05. The number of ether oxygens (including phenoxy) is 1. The highest BCUT2D eigenvalue weighted by Gasteiger charge is 2.30. The van der Waals surface area contributed by atoms with Crippen molar-refractivity contribution in [2.45, 2.75) is 23.6 Å². The van der Waals surface area contributed by atoms with Crippen LogP contribution in [-0.2, 0) is 18.5 Å². The summed E-state index contributed by atoms with van der Waals surface area (Å²) in [5.41, 5.74) is 0.0233. The fourth-order valence-electron chi connectivity index (χ4n) is 1.94. The molecule has 136 valence electrons. The fraction of sp³-hybridized carbons (Fsp3) is 0.176. The minimum absolute atomic E-state index is 0.263. The number of thioether (sulfide) groups is 1. The summed E-state index contributed by atoms with van der Waals surface area (Å²) in [6.07, 6.45) is -3.56. The van der Waals surface area contributed by atoms with Gasteiger partial charge in [0.1, 0.15) is 23.2 Å². The van der Waals surface area contributed by atoms with Crippen molar-refractivity contribution in [3.05, 3.63) is 70.1 Å². The molecule has 0 saturated carbocycles. The molecule has 0 spiro atoms. The van der Waals surface area contributed by atoms with Gasteiger partial charge in [-0.1, -0.05) is 0 Å². The molecule has 26 heavy (non-hydrogen) atoms. The summed E-state index contributed by atoms with van der Waals surface area (Å²) in [6.45, 7) is 0.263. The van der Waals surface area contributed by atoms with Gasteiger partial charge in [-0.15, -0.1) is 23.1 Å². The normalized spacial score (nSPS) is 11.5. The number of nitrogens with zero attached hydrogens (tertiary/aromatic N) is 2. The molecule has 3 rings (SSSR count). The summed E-state index contributed by atoms with van der Waals surface area (Å²) in [4.78, 5) is 8.22. The van der Waals surface area contributed by atoms with Crippen LogP contribution in [0.2, 0.25) is 0 Å². The van der Waals surface area contributed by atoms with Crippen LogP contribution in [0.5, 0.6) is 5.75 Å². The zero-order chi connectivity index (χ0) is 18.6. The Bertz CT molecular complexity index is 848.